The predicted octanol–water partition coefficient (Wildman–Crippen LogP) is 1.85. The largest absolute Gasteiger partial charge is 0.361 e. The molecule has 0 unspecified atom stereocenters. The lowest BCUT2D eigenvalue weighted by molar-refractivity contribution is 0.393. The first-order valence-electron chi connectivity index (χ1n) is 5.89. The van der Waals surface area contributed by atoms with Crippen molar-refractivity contribution < 1.29 is 4.52 Å². The van der Waals surface area contributed by atoms with Crippen molar-refractivity contribution in [3.05, 3.63) is 39.1 Å². The Hall–Kier alpha value is -1.56. The number of thioether (sulfide) groups is 1. The highest BCUT2D eigenvalue weighted by Crippen LogP contribution is 2.22. The molecule has 1 aliphatic carbocycles. The molecule has 5 nitrogen and oxygen atoms in total. The van der Waals surface area contributed by atoms with Crippen LogP contribution in [0.3, 0.4) is 0 Å². The summed E-state index contributed by atoms with van der Waals surface area (Å²) in [6.45, 7) is 1.86. The van der Waals surface area contributed by atoms with E-state index in [1.807, 2.05) is 13.0 Å². The van der Waals surface area contributed by atoms with Crippen molar-refractivity contribution in [1.29, 1.82) is 0 Å². The van der Waals surface area contributed by atoms with Crippen molar-refractivity contribution in [2.45, 2.75) is 37.1 Å². The van der Waals surface area contributed by atoms with E-state index in [1.165, 1.54) is 11.8 Å². The first-order chi connectivity index (χ1) is 8.72. The summed E-state index contributed by atoms with van der Waals surface area (Å²) in [6.07, 6.45) is 2.79. The zero-order valence-corrected chi connectivity index (χ0v) is 10.8. The van der Waals surface area contributed by atoms with Crippen LogP contribution in [0.5, 0.6) is 0 Å². The van der Waals surface area contributed by atoms with Gasteiger partial charge < -0.3 is 9.51 Å². The molecule has 2 aromatic heterocycles. The summed E-state index contributed by atoms with van der Waals surface area (Å²) in [4.78, 5) is 19.1. The van der Waals surface area contributed by atoms with Crippen molar-refractivity contribution in [2.75, 3.05) is 0 Å². The predicted molar refractivity (Wildman–Crippen MR) is 67.7 cm³/mol. The van der Waals surface area contributed by atoms with Gasteiger partial charge in [0.2, 0.25) is 0 Å². The normalized spacial score (nSPS) is 13.8. The Balaban J connectivity index is 1.77. The molecule has 0 saturated carbocycles. The maximum Gasteiger partial charge on any atom is 0.254 e. The van der Waals surface area contributed by atoms with Crippen LogP contribution in [-0.2, 0) is 18.6 Å². The maximum absolute atomic E-state index is 11.8. The van der Waals surface area contributed by atoms with Crippen LogP contribution in [-0.4, -0.2) is 15.1 Å². The smallest absolute Gasteiger partial charge is 0.254 e. The summed E-state index contributed by atoms with van der Waals surface area (Å²) in [7, 11) is 0. The van der Waals surface area contributed by atoms with E-state index >= 15 is 0 Å². The molecule has 0 amide bonds. The molecular weight excluding hydrogens is 250 g/mol. The minimum atomic E-state index is 0.0105. The van der Waals surface area contributed by atoms with E-state index in [0.29, 0.717) is 10.9 Å². The third-order valence-corrected chi connectivity index (χ3v) is 3.86. The molecule has 6 heteroatoms. The Morgan fingerprint density at radius 2 is 2.39 bits per heavy atom. The lowest BCUT2D eigenvalue weighted by atomic mass is 10.3. The lowest BCUT2D eigenvalue weighted by Crippen LogP contribution is -2.14. The summed E-state index contributed by atoms with van der Waals surface area (Å²) in [5, 5.41) is 4.58. The molecule has 2 aromatic rings. The molecule has 2 heterocycles. The number of rotatable bonds is 3. The minimum absolute atomic E-state index is 0.0105. The second-order valence-corrected chi connectivity index (χ2v) is 5.33. The van der Waals surface area contributed by atoms with E-state index in [-0.39, 0.29) is 5.56 Å². The van der Waals surface area contributed by atoms with Crippen LogP contribution in [0.15, 0.2) is 20.5 Å². The van der Waals surface area contributed by atoms with Gasteiger partial charge in [-0.15, -0.1) is 0 Å². The van der Waals surface area contributed by atoms with E-state index in [0.717, 1.165) is 42.0 Å². The fraction of sp³-hybridized carbons (Fsp3) is 0.417. The molecule has 0 spiro atoms. The minimum Gasteiger partial charge on any atom is -0.361 e. The van der Waals surface area contributed by atoms with Gasteiger partial charge >= 0.3 is 0 Å². The molecule has 0 atom stereocenters. The highest BCUT2D eigenvalue weighted by atomic mass is 32.2. The number of hydrogen-bond acceptors (Lipinski definition) is 5. The maximum atomic E-state index is 11.8. The molecule has 1 N–H and O–H groups in total. The molecule has 0 aromatic carbocycles. The fourth-order valence-corrected chi connectivity index (χ4v) is 2.88. The average Bonchev–Trinajstić information content (AvgIpc) is 2.95. The fourth-order valence-electron chi connectivity index (χ4n) is 2.12. The van der Waals surface area contributed by atoms with E-state index in [1.54, 1.807) is 0 Å². The van der Waals surface area contributed by atoms with Gasteiger partial charge in [0, 0.05) is 17.4 Å². The van der Waals surface area contributed by atoms with Gasteiger partial charge in [0.1, 0.15) is 5.76 Å². The SMILES string of the molecule is Cc1cc(CSc2nc3c(c(=O)[nH]2)CCC3)no1. The highest BCUT2D eigenvalue weighted by molar-refractivity contribution is 7.98. The van der Waals surface area contributed by atoms with Crippen molar-refractivity contribution in [2.24, 2.45) is 0 Å². The summed E-state index contributed by atoms with van der Waals surface area (Å²) in [6, 6.07) is 1.89. The summed E-state index contributed by atoms with van der Waals surface area (Å²) < 4.78 is 4.99. The molecule has 94 valence electrons. The number of H-pyrrole nitrogens is 1. The molecule has 0 aliphatic heterocycles. The first-order valence-corrected chi connectivity index (χ1v) is 6.88. The lowest BCUT2D eigenvalue weighted by Gasteiger charge is -2.01. The zero-order chi connectivity index (χ0) is 12.5. The Kier molecular flexibility index (Phi) is 2.95. The number of fused-ring (bicyclic) bond motifs is 1. The van der Waals surface area contributed by atoms with E-state index in [9.17, 15) is 4.79 Å². The van der Waals surface area contributed by atoms with Crippen LogP contribution in [0, 0.1) is 6.92 Å². The molecule has 3 rings (SSSR count). The van der Waals surface area contributed by atoms with E-state index in [4.69, 9.17) is 4.52 Å². The van der Waals surface area contributed by atoms with Gasteiger partial charge in [-0.05, 0) is 26.2 Å². The van der Waals surface area contributed by atoms with Crippen molar-refractivity contribution >= 4 is 11.8 Å². The van der Waals surface area contributed by atoms with Gasteiger partial charge in [-0.1, -0.05) is 16.9 Å². The number of aryl methyl sites for hydroxylation is 2. The molecule has 0 fully saturated rings. The number of nitrogens with zero attached hydrogens (tertiary/aromatic N) is 2. The standard InChI is InChI=1S/C12H13N3O2S/c1-7-5-8(15-17-7)6-18-12-13-10-4-2-3-9(10)11(16)14-12/h5H,2-4,6H2,1H3,(H,13,14,16). The highest BCUT2D eigenvalue weighted by Gasteiger charge is 2.17. The number of aromatic amines is 1. The Morgan fingerprint density at radius 3 is 3.17 bits per heavy atom. The Bertz CT molecular complexity index is 632. The second kappa shape index (κ2) is 4.61. The van der Waals surface area contributed by atoms with Gasteiger partial charge in [0.15, 0.2) is 5.16 Å². The number of aromatic nitrogens is 3. The van der Waals surface area contributed by atoms with Crippen LogP contribution in [0.25, 0.3) is 0 Å². The monoisotopic (exact) mass is 263 g/mol. The zero-order valence-electron chi connectivity index (χ0n) is 10.0. The summed E-state index contributed by atoms with van der Waals surface area (Å²) >= 11 is 1.48. The molecule has 18 heavy (non-hydrogen) atoms. The summed E-state index contributed by atoms with van der Waals surface area (Å²) in [5.74, 6) is 1.44. The van der Waals surface area contributed by atoms with Crippen molar-refractivity contribution in [1.82, 2.24) is 15.1 Å². The van der Waals surface area contributed by atoms with Crippen LogP contribution in [0.4, 0.5) is 0 Å². The van der Waals surface area contributed by atoms with Crippen molar-refractivity contribution in [3.63, 3.8) is 0 Å². The van der Waals surface area contributed by atoms with Gasteiger partial charge in [-0.3, -0.25) is 4.79 Å². The molecule has 0 saturated heterocycles. The van der Waals surface area contributed by atoms with Gasteiger partial charge in [0.25, 0.3) is 5.56 Å². The summed E-state index contributed by atoms with van der Waals surface area (Å²) in [5.41, 5.74) is 2.69. The Morgan fingerprint density at radius 1 is 1.50 bits per heavy atom. The molecular formula is C12H13N3O2S. The number of nitrogens with one attached hydrogen (secondary N) is 1. The molecule has 1 aliphatic rings. The average molecular weight is 263 g/mol. The number of hydrogen-bond donors (Lipinski definition) is 1. The van der Waals surface area contributed by atoms with Crippen LogP contribution in [0.1, 0.15) is 29.1 Å². The topological polar surface area (TPSA) is 71.8 Å². The van der Waals surface area contributed by atoms with Crippen LogP contribution < -0.4 is 5.56 Å². The third-order valence-electron chi connectivity index (χ3n) is 2.95. The third kappa shape index (κ3) is 2.20. The van der Waals surface area contributed by atoms with E-state index in [2.05, 4.69) is 15.1 Å². The van der Waals surface area contributed by atoms with Gasteiger partial charge in [0.05, 0.1) is 11.4 Å². The van der Waals surface area contributed by atoms with Crippen LogP contribution >= 0.6 is 11.8 Å². The van der Waals surface area contributed by atoms with E-state index < -0.39 is 0 Å². The van der Waals surface area contributed by atoms with Gasteiger partial charge in [-0.2, -0.15) is 0 Å². The molecule has 0 radical (unpaired) electrons. The van der Waals surface area contributed by atoms with Gasteiger partial charge in [-0.25, -0.2) is 4.98 Å². The quantitative estimate of drug-likeness (QED) is 0.676. The first kappa shape index (κ1) is 11.5. The van der Waals surface area contributed by atoms with Crippen LogP contribution in [0.2, 0.25) is 0 Å². The molecule has 0 bridgehead atoms. The van der Waals surface area contributed by atoms with Crippen molar-refractivity contribution in [3.8, 4) is 0 Å². The Labute approximate surface area is 108 Å². The second-order valence-electron chi connectivity index (χ2n) is 4.37.